The minimum Gasteiger partial charge on any atom is -0.383 e. The van der Waals surface area contributed by atoms with Gasteiger partial charge in [0.25, 0.3) is 0 Å². The van der Waals surface area contributed by atoms with Gasteiger partial charge in [0.2, 0.25) is 0 Å². The number of rotatable bonds is 2. The molecule has 3 aliphatic rings. The lowest BCUT2D eigenvalue weighted by molar-refractivity contribution is -0.129. The molecule has 0 aromatic heterocycles. The molecule has 2 saturated carbocycles. The zero-order valence-electron chi connectivity index (χ0n) is 14.2. The van der Waals surface area contributed by atoms with E-state index in [9.17, 15) is 13.2 Å². The Hall–Kier alpha value is -1.36. The third kappa shape index (κ3) is 2.48. The number of benzene rings is 1. The Balaban J connectivity index is 1.65. The second-order valence-electron chi connectivity index (χ2n) is 7.98. The molecule has 0 spiro atoms. The van der Waals surface area contributed by atoms with Gasteiger partial charge in [-0.25, -0.2) is 0 Å². The molecule has 0 amide bonds. The van der Waals surface area contributed by atoms with Gasteiger partial charge >= 0.3 is 10.1 Å². The standard InChI is InChI=1S/C19H24O4S/c1-19-10-9-15-14-6-4-13(23-24(2,21)22)11-12(14)3-5-16(15)17(19)7-8-18(19)20/h4,6,11,15-17H,3,5,7-10H2,1-2H3/t15-,16+,17+,19+/m1/s1. The molecule has 0 unspecified atom stereocenters. The normalized spacial score (nSPS) is 35.1. The first kappa shape index (κ1) is 16.1. The number of hydrogen-bond donors (Lipinski definition) is 0. The third-order valence-corrected chi connectivity index (χ3v) is 7.15. The minimum atomic E-state index is -3.49. The van der Waals surface area contributed by atoms with Crippen molar-refractivity contribution in [3.63, 3.8) is 0 Å². The Morgan fingerprint density at radius 3 is 2.71 bits per heavy atom. The molecular weight excluding hydrogens is 324 g/mol. The maximum atomic E-state index is 12.4. The van der Waals surface area contributed by atoms with E-state index < -0.39 is 10.1 Å². The van der Waals surface area contributed by atoms with E-state index in [1.54, 1.807) is 6.07 Å². The number of ketones is 1. The Morgan fingerprint density at radius 2 is 1.96 bits per heavy atom. The monoisotopic (exact) mass is 348 g/mol. The number of carbonyl (C=O) groups excluding carboxylic acids is 1. The zero-order valence-corrected chi connectivity index (χ0v) is 15.1. The summed E-state index contributed by atoms with van der Waals surface area (Å²) in [4.78, 5) is 12.4. The van der Waals surface area contributed by atoms with Crippen LogP contribution >= 0.6 is 0 Å². The predicted octanol–water partition coefficient (Wildman–Crippen LogP) is 3.45. The summed E-state index contributed by atoms with van der Waals surface area (Å²) in [5.41, 5.74) is 2.46. The van der Waals surface area contributed by atoms with Crippen LogP contribution in [0.2, 0.25) is 0 Å². The van der Waals surface area contributed by atoms with Crippen molar-refractivity contribution in [1.29, 1.82) is 0 Å². The van der Waals surface area contributed by atoms with Crippen LogP contribution in [0.4, 0.5) is 0 Å². The summed E-state index contributed by atoms with van der Waals surface area (Å²) in [6, 6.07) is 5.71. The second kappa shape index (κ2) is 5.32. The summed E-state index contributed by atoms with van der Waals surface area (Å²) in [7, 11) is -3.49. The lowest BCUT2D eigenvalue weighted by atomic mass is 9.55. The lowest BCUT2D eigenvalue weighted by Crippen LogP contribution is -2.42. The van der Waals surface area contributed by atoms with E-state index in [1.807, 2.05) is 12.1 Å². The molecule has 0 N–H and O–H groups in total. The van der Waals surface area contributed by atoms with Crippen LogP contribution in [0.25, 0.3) is 0 Å². The summed E-state index contributed by atoms with van der Waals surface area (Å²) < 4.78 is 27.7. The number of carbonyl (C=O) groups is 1. The average molecular weight is 348 g/mol. The van der Waals surface area contributed by atoms with Gasteiger partial charge in [-0.3, -0.25) is 4.79 Å². The first-order chi connectivity index (χ1) is 11.3. The molecule has 4 atom stereocenters. The zero-order chi connectivity index (χ0) is 17.1. The van der Waals surface area contributed by atoms with Crippen molar-refractivity contribution in [2.75, 3.05) is 6.26 Å². The van der Waals surface area contributed by atoms with Gasteiger partial charge in [-0.05, 0) is 73.1 Å². The van der Waals surface area contributed by atoms with Gasteiger partial charge in [0.15, 0.2) is 0 Å². The molecule has 2 fully saturated rings. The minimum absolute atomic E-state index is 0.0992. The van der Waals surface area contributed by atoms with Crippen LogP contribution in [-0.2, 0) is 21.3 Å². The van der Waals surface area contributed by atoms with E-state index in [1.165, 1.54) is 11.1 Å². The molecule has 1 aromatic rings. The van der Waals surface area contributed by atoms with E-state index in [2.05, 4.69) is 6.92 Å². The van der Waals surface area contributed by atoms with Gasteiger partial charge in [0, 0.05) is 11.8 Å². The van der Waals surface area contributed by atoms with Crippen molar-refractivity contribution in [3.05, 3.63) is 29.3 Å². The van der Waals surface area contributed by atoms with Crippen molar-refractivity contribution < 1.29 is 17.4 Å². The largest absolute Gasteiger partial charge is 0.383 e. The molecule has 3 aliphatic carbocycles. The molecule has 0 saturated heterocycles. The molecule has 0 bridgehead atoms. The summed E-state index contributed by atoms with van der Waals surface area (Å²) in [5.74, 6) is 2.48. The summed E-state index contributed by atoms with van der Waals surface area (Å²) in [5, 5.41) is 0. The fraction of sp³-hybridized carbons (Fsp3) is 0.632. The van der Waals surface area contributed by atoms with E-state index >= 15 is 0 Å². The van der Waals surface area contributed by atoms with Gasteiger partial charge in [-0.1, -0.05) is 13.0 Å². The van der Waals surface area contributed by atoms with Gasteiger partial charge in [0.1, 0.15) is 11.5 Å². The molecule has 4 nitrogen and oxygen atoms in total. The topological polar surface area (TPSA) is 60.4 Å². The van der Waals surface area contributed by atoms with Crippen LogP contribution in [-0.4, -0.2) is 20.5 Å². The van der Waals surface area contributed by atoms with Crippen LogP contribution in [0.15, 0.2) is 18.2 Å². The van der Waals surface area contributed by atoms with Gasteiger partial charge in [-0.2, -0.15) is 8.42 Å². The molecule has 130 valence electrons. The quantitative estimate of drug-likeness (QED) is 0.768. The van der Waals surface area contributed by atoms with Gasteiger partial charge < -0.3 is 4.18 Å². The Morgan fingerprint density at radius 1 is 1.17 bits per heavy atom. The molecule has 1 aromatic carbocycles. The fourth-order valence-corrected chi connectivity index (χ4v) is 6.01. The number of hydrogen-bond acceptors (Lipinski definition) is 4. The highest BCUT2D eigenvalue weighted by Crippen LogP contribution is 2.59. The van der Waals surface area contributed by atoms with Crippen LogP contribution in [0.3, 0.4) is 0 Å². The molecule has 0 heterocycles. The first-order valence-electron chi connectivity index (χ1n) is 8.83. The molecule has 0 radical (unpaired) electrons. The smallest absolute Gasteiger partial charge is 0.306 e. The van der Waals surface area contributed by atoms with E-state index in [-0.39, 0.29) is 5.41 Å². The van der Waals surface area contributed by atoms with Crippen molar-refractivity contribution in [2.24, 2.45) is 17.3 Å². The van der Waals surface area contributed by atoms with Crippen molar-refractivity contribution >= 4 is 15.9 Å². The molecular formula is C19H24O4S. The lowest BCUT2D eigenvalue weighted by Gasteiger charge is -2.48. The van der Waals surface area contributed by atoms with Crippen molar-refractivity contribution in [3.8, 4) is 5.75 Å². The highest BCUT2D eigenvalue weighted by atomic mass is 32.2. The van der Waals surface area contributed by atoms with Crippen molar-refractivity contribution in [2.45, 2.75) is 51.4 Å². The van der Waals surface area contributed by atoms with Gasteiger partial charge in [-0.15, -0.1) is 0 Å². The predicted molar refractivity (Wildman–Crippen MR) is 91.5 cm³/mol. The fourth-order valence-electron chi connectivity index (χ4n) is 5.56. The Bertz CT molecular complexity index is 798. The molecule has 24 heavy (non-hydrogen) atoms. The Kier molecular flexibility index (Phi) is 3.57. The summed E-state index contributed by atoms with van der Waals surface area (Å²) in [6.07, 6.45) is 6.94. The first-order valence-corrected chi connectivity index (χ1v) is 10.7. The van der Waals surface area contributed by atoms with E-state index in [0.717, 1.165) is 44.8 Å². The molecule has 4 rings (SSSR count). The van der Waals surface area contributed by atoms with E-state index in [0.29, 0.717) is 29.3 Å². The Labute approximate surface area is 143 Å². The number of aryl methyl sites for hydroxylation is 1. The van der Waals surface area contributed by atoms with Crippen LogP contribution < -0.4 is 4.18 Å². The summed E-state index contributed by atoms with van der Waals surface area (Å²) in [6.45, 7) is 2.18. The maximum Gasteiger partial charge on any atom is 0.306 e. The van der Waals surface area contributed by atoms with Crippen LogP contribution in [0, 0.1) is 17.3 Å². The summed E-state index contributed by atoms with van der Waals surface area (Å²) >= 11 is 0. The average Bonchev–Trinajstić information content (AvgIpc) is 2.81. The second-order valence-corrected chi connectivity index (χ2v) is 9.56. The number of Topliss-reactive ketones (excluding diaryl/α,β-unsaturated/α-hetero) is 1. The van der Waals surface area contributed by atoms with E-state index in [4.69, 9.17) is 4.18 Å². The van der Waals surface area contributed by atoms with Crippen molar-refractivity contribution in [1.82, 2.24) is 0 Å². The number of fused-ring (bicyclic) bond motifs is 5. The van der Waals surface area contributed by atoms with Crippen LogP contribution in [0.1, 0.15) is 56.1 Å². The highest BCUT2D eigenvalue weighted by molar-refractivity contribution is 7.86. The third-order valence-electron chi connectivity index (χ3n) is 6.65. The molecule has 5 heteroatoms. The van der Waals surface area contributed by atoms with Crippen LogP contribution in [0.5, 0.6) is 5.75 Å². The molecule has 0 aliphatic heterocycles. The highest BCUT2D eigenvalue weighted by Gasteiger charge is 2.54. The maximum absolute atomic E-state index is 12.4. The SMILES string of the molecule is C[C@]12CC[C@@H]3c4ccc(OS(C)(=O)=O)cc4CC[C@@H]3[C@@H]1CCC2=O. The van der Waals surface area contributed by atoms with Gasteiger partial charge in [0.05, 0.1) is 6.26 Å².